The standard InChI is InChI=1S/C15H13NO/c1-12-7-8-13(9-10-16)11-15(12)17-14-5-3-2-4-6-14/h2-8,11H,9H2,1H3. The fourth-order valence-corrected chi connectivity index (χ4v) is 1.57. The second kappa shape index (κ2) is 5.18. The number of nitrogens with zero attached hydrogens (tertiary/aromatic N) is 1. The molecule has 0 radical (unpaired) electrons. The van der Waals surface area contributed by atoms with Crippen molar-refractivity contribution < 1.29 is 4.74 Å². The molecular formula is C15H13NO. The number of hydrogen-bond acceptors (Lipinski definition) is 2. The molecule has 0 heterocycles. The molecule has 0 aromatic heterocycles. The van der Waals surface area contributed by atoms with Crippen LogP contribution < -0.4 is 4.74 Å². The van der Waals surface area contributed by atoms with E-state index in [0.717, 1.165) is 22.6 Å². The van der Waals surface area contributed by atoms with Crippen LogP contribution in [0.15, 0.2) is 48.5 Å². The zero-order valence-electron chi connectivity index (χ0n) is 9.68. The molecule has 0 bridgehead atoms. The number of para-hydroxylation sites is 1. The number of ether oxygens (including phenoxy) is 1. The smallest absolute Gasteiger partial charge is 0.130 e. The van der Waals surface area contributed by atoms with Gasteiger partial charge in [-0.2, -0.15) is 5.26 Å². The van der Waals surface area contributed by atoms with Gasteiger partial charge in [0.1, 0.15) is 11.5 Å². The second-order valence-electron chi connectivity index (χ2n) is 3.85. The summed E-state index contributed by atoms with van der Waals surface area (Å²) in [7, 11) is 0. The Labute approximate surface area is 101 Å². The number of nitriles is 1. The highest BCUT2D eigenvalue weighted by molar-refractivity contribution is 5.40. The molecule has 0 unspecified atom stereocenters. The van der Waals surface area contributed by atoms with E-state index in [4.69, 9.17) is 10.00 Å². The average molecular weight is 223 g/mol. The molecule has 0 aliphatic rings. The van der Waals surface area contributed by atoms with Crippen molar-refractivity contribution in [1.82, 2.24) is 0 Å². The monoisotopic (exact) mass is 223 g/mol. The van der Waals surface area contributed by atoms with Gasteiger partial charge < -0.3 is 4.74 Å². The molecule has 2 aromatic rings. The first kappa shape index (κ1) is 11.2. The fourth-order valence-electron chi connectivity index (χ4n) is 1.57. The summed E-state index contributed by atoms with van der Waals surface area (Å²) in [6.45, 7) is 1.99. The maximum atomic E-state index is 8.68. The lowest BCUT2D eigenvalue weighted by Gasteiger charge is -2.09. The minimum Gasteiger partial charge on any atom is -0.457 e. The van der Waals surface area contributed by atoms with Crippen LogP contribution in [0, 0.1) is 18.3 Å². The molecule has 0 saturated carbocycles. The molecular weight excluding hydrogens is 210 g/mol. The van der Waals surface area contributed by atoms with E-state index in [2.05, 4.69) is 6.07 Å². The van der Waals surface area contributed by atoms with E-state index in [-0.39, 0.29) is 0 Å². The third-order valence-electron chi connectivity index (χ3n) is 2.51. The van der Waals surface area contributed by atoms with Crippen molar-refractivity contribution in [3.8, 4) is 17.6 Å². The van der Waals surface area contributed by atoms with Gasteiger partial charge >= 0.3 is 0 Å². The predicted molar refractivity (Wildman–Crippen MR) is 67.0 cm³/mol. The molecule has 2 heteroatoms. The molecule has 0 aliphatic heterocycles. The molecule has 2 nitrogen and oxygen atoms in total. The van der Waals surface area contributed by atoms with E-state index in [1.54, 1.807) is 0 Å². The van der Waals surface area contributed by atoms with Gasteiger partial charge in [0.15, 0.2) is 0 Å². The van der Waals surface area contributed by atoms with E-state index < -0.39 is 0 Å². The normalized spacial score (nSPS) is 9.65. The molecule has 0 spiro atoms. The van der Waals surface area contributed by atoms with Crippen molar-refractivity contribution in [2.24, 2.45) is 0 Å². The van der Waals surface area contributed by atoms with E-state index in [1.807, 2.05) is 55.5 Å². The molecule has 0 atom stereocenters. The van der Waals surface area contributed by atoms with Crippen LogP contribution in [0.4, 0.5) is 0 Å². The molecule has 0 N–H and O–H groups in total. The van der Waals surface area contributed by atoms with Gasteiger partial charge in [0, 0.05) is 0 Å². The molecule has 0 aliphatic carbocycles. The van der Waals surface area contributed by atoms with Crippen molar-refractivity contribution in [3.63, 3.8) is 0 Å². The van der Waals surface area contributed by atoms with Crippen molar-refractivity contribution >= 4 is 0 Å². The summed E-state index contributed by atoms with van der Waals surface area (Å²) in [6, 6.07) is 17.6. The third kappa shape index (κ3) is 2.85. The Bertz CT molecular complexity index is 541. The lowest BCUT2D eigenvalue weighted by molar-refractivity contribution is 0.478. The maximum absolute atomic E-state index is 8.68. The van der Waals surface area contributed by atoms with Crippen LogP contribution in [0.2, 0.25) is 0 Å². The van der Waals surface area contributed by atoms with Gasteiger partial charge in [-0.3, -0.25) is 0 Å². The zero-order chi connectivity index (χ0) is 12.1. The highest BCUT2D eigenvalue weighted by Crippen LogP contribution is 2.25. The van der Waals surface area contributed by atoms with E-state index in [1.165, 1.54) is 0 Å². The summed E-state index contributed by atoms with van der Waals surface area (Å²) in [6.07, 6.45) is 0.408. The summed E-state index contributed by atoms with van der Waals surface area (Å²) in [5.41, 5.74) is 2.04. The van der Waals surface area contributed by atoms with Crippen molar-refractivity contribution in [3.05, 3.63) is 59.7 Å². The van der Waals surface area contributed by atoms with Gasteiger partial charge in [0.2, 0.25) is 0 Å². The van der Waals surface area contributed by atoms with Gasteiger partial charge in [-0.05, 0) is 36.2 Å². The van der Waals surface area contributed by atoms with E-state index in [9.17, 15) is 0 Å². The van der Waals surface area contributed by atoms with Crippen LogP contribution >= 0.6 is 0 Å². The van der Waals surface area contributed by atoms with Gasteiger partial charge in [0.05, 0.1) is 12.5 Å². The summed E-state index contributed by atoms with van der Waals surface area (Å²) in [5, 5.41) is 8.68. The minimum atomic E-state index is 0.408. The lowest BCUT2D eigenvalue weighted by Crippen LogP contribution is -1.90. The van der Waals surface area contributed by atoms with Gasteiger partial charge in [-0.25, -0.2) is 0 Å². The first-order valence-corrected chi connectivity index (χ1v) is 5.49. The largest absolute Gasteiger partial charge is 0.457 e. The summed E-state index contributed by atoms with van der Waals surface area (Å²) < 4.78 is 5.79. The van der Waals surface area contributed by atoms with Crippen LogP contribution in [0.3, 0.4) is 0 Å². The Balaban J connectivity index is 2.26. The second-order valence-corrected chi connectivity index (χ2v) is 3.85. The fraction of sp³-hybridized carbons (Fsp3) is 0.133. The van der Waals surface area contributed by atoms with Crippen molar-refractivity contribution in [2.45, 2.75) is 13.3 Å². The first-order valence-electron chi connectivity index (χ1n) is 5.49. The van der Waals surface area contributed by atoms with Crippen LogP contribution in [0.5, 0.6) is 11.5 Å². The lowest BCUT2D eigenvalue weighted by atomic mass is 10.1. The highest BCUT2D eigenvalue weighted by atomic mass is 16.5. The predicted octanol–water partition coefficient (Wildman–Crippen LogP) is 3.85. The molecule has 0 saturated heterocycles. The van der Waals surface area contributed by atoms with Crippen LogP contribution in [0.25, 0.3) is 0 Å². The van der Waals surface area contributed by atoms with Gasteiger partial charge in [-0.1, -0.05) is 30.3 Å². The Hall–Kier alpha value is -2.27. The quantitative estimate of drug-likeness (QED) is 0.791. The van der Waals surface area contributed by atoms with Crippen LogP contribution in [-0.4, -0.2) is 0 Å². The Morgan fingerprint density at radius 3 is 2.59 bits per heavy atom. The molecule has 84 valence electrons. The first-order chi connectivity index (χ1) is 8.29. The Morgan fingerprint density at radius 2 is 1.88 bits per heavy atom. The number of rotatable bonds is 3. The van der Waals surface area contributed by atoms with E-state index in [0.29, 0.717) is 6.42 Å². The summed E-state index contributed by atoms with van der Waals surface area (Å²) >= 11 is 0. The minimum absolute atomic E-state index is 0.408. The number of hydrogen-bond donors (Lipinski definition) is 0. The van der Waals surface area contributed by atoms with Crippen LogP contribution in [-0.2, 0) is 6.42 Å². The summed E-state index contributed by atoms with van der Waals surface area (Å²) in [4.78, 5) is 0. The topological polar surface area (TPSA) is 33.0 Å². The van der Waals surface area contributed by atoms with Crippen molar-refractivity contribution in [1.29, 1.82) is 5.26 Å². The van der Waals surface area contributed by atoms with E-state index >= 15 is 0 Å². The Kier molecular flexibility index (Phi) is 3.42. The molecule has 0 amide bonds. The van der Waals surface area contributed by atoms with Crippen LogP contribution in [0.1, 0.15) is 11.1 Å². The van der Waals surface area contributed by atoms with Gasteiger partial charge in [0.25, 0.3) is 0 Å². The molecule has 0 fully saturated rings. The maximum Gasteiger partial charge on any atom is 0.130 e. The third-order valence-corrected chi connectivity index (χ3v) is 2.51. The molecule has 2 rings (SSSR count). The van der Waals surface area contributed by atoms with Gasteiger partial charge in [-0.15, -0.1) is 0 Å². The summed E-state index contributed by atoms with van der Waals surface area (Å²) in [5.74, 6) is 1.62. The van der Waals surface area contributed by atoms with Crippen molar-refractivity contribution in [2.75, 3.05) is 0 Å². The number of benzene rings is 2. The molecule has 2 aromatic carbocycles. The highest BCUT2D eigenvalue weighted by Gasteiger charge is 2.02. The SMILES string of the molecule is Cc1ccc(CC#N)cc1Oc1ccccc1. The number of aryl methyl sites for hydroxylation is 1. The molecule has 17 heavy (non-hydrogen) atoms. The average Bonchev–Trinajstić information content (AvgIpc) is 2.35. The Morgan fingerprint density at radius 1 is 1.12 bits per heavy atom. The zero-order valence-corrected chi connectivity index (χ0v) is 9.68.